The molecule has 1 unspecified atom stereocenters. The van der Waals surface area contributed by atoms with Gasteiger partial charge in [0.05, 0.1) is 22.6 Å². The molecule has 0 bridgehead atoms. The first-order chi connectivity index (χ1) is 17.1. The second kappa shape index (κ2) is 8.75. The van der Waals surface area contributed by atoms with Crippen LogP contribution in [0.4, 0.5) is 24.7 Å². The Kier molecular flexibility index (Phi) is 5.70. The lowest BCUT2D eigenvalue weighted by atomic mass is 10.00. The van der Waals surface area contributed by atoms with Crippen molar-refractivity contribution >= 4 is 28.5 Å². The molecule has 1 atom stereocenters. The summed E-state index contributed by atoms with van der Waals surface area (Å²) in [6.07, 6.45) is -4.69. The Morgan fingerprint density at radius 1 is 1.03 bits per heavy atom. The van der Waals surface area contributed by atoms with Gasteiger partial charge in [-0.25, -0.2) is 4.79 Å². The van der Waals surface area contributed by atoms with E-state index >= 15 is 0 Å². The standard InChI is InChI=1S/C27H21F3N2O4/c1-15(31-22-9-5-4-8-19(22)26(34)35)20-10-18(27(28,29)30)11-21-23(33)12-24(36-25(20)21)32-13-16-6-2-3-7-17(16)14-32/h2-12,15,31H,13-14H2,1H3,(H,34,35). The SMILES string of the molecule is CC(Nc1ccccc1C(=O)O)c1cc(C(F)(F)F)cc2c(=O)cc(N3Cc4ccccc4C3)oc12. The molecule has 1 aromatic heterocycles. The Hall–Kier alpha value is -4.27. The van der Waals surface area contributed by atoms with Gasteiger partial charge < -0.3 is 19.7 Å². The van der Waals surface area contributed by atoms with Crippen LogP contribution < -0.4 is 15.6 Å². The largest absolute Gasteiger partial charge is 0.478 e. The number of nitrogens with one attached hydrogen (secondary N) is 1. The Balaban J connectivity index is 1.63. The summed E-state index contributed by atoms with van der Waals surface area (Å²) >= 11 is 0. The number of aromatic carboxylic acids is 1. The molecule has 0 saturated carbocycles. The van der Waals surface area contributed by atoms with Crippen LogP contribution in [-0.2, 0) is 19.3 Å². The van der Waals surface area contributed by atoms with Crippen LogP contribution in [-0.4, -0.2) is 11.1 Å². The lowest BCUT2D eigenvalue weighted by molar-refractivity contribution is -0.137. The number of para-hydroxylation sites is 1. The molecule has 6 nitrogen and oxygen atoms in total. The highest BCUT2D eigenvalue weighted by Gasteiger charge is 2.33. The number of rotatable bonds is 5. The van der Waals surface area contributed by atoms with Crippen LogP contribution in [0.1, 0.15) is 45.6 Å². The minimum Gasteiger partial charge on any atom is -0.478 e. The number of anilines is 2. The predicted octanol–water partition coefficient (Wildman–Crippen LogP) is 6.20. The first-order valence-corrected chi connectivity index (χ1v) is 11.2. The normalized spacial score (nSPS) is 14.1. The van der Waals surface area contributed by atoms with Crippen LogP contribution in [0.2, 0.25) is 0 Å². The zero-order valence-electron chi connectivity index (χ0n) is 19.1. The average molecular weight is 494 g/mol. The third-order valence-electron chi connectivity index (χ3n) is 6.32. The predicted molar refractivity (Wildman–Crippen MR) is 129 cm³/mol. The molecule has 0 spiro atoms. The molecule has 4 aromatic rings. The highest BCUT2D eigenvalue weighted by Crippen LogP contribution is 2.37. The van der Waals surface area contributed by atoms with Crippen molar-refractivity contribution in [3.8, 4) is 0 Å². The third kappa shape index (κ3) is 4.28. The minimum absolute atomic E-state index is 0.0225. The number of carboxylic acid groups (broad SMARTS) is 1. The van der Waals surface area contributed by atoms with Gasteiger partial charge in [-0.2, -0.15) is 13.2 Å². The molecule has 0 aliphatic carbocycles. The number of nitrogens with zero attached hydrogens (tertiary/aromatic N) is 1. The van der Waals surface area contributed by atoms with Gasteiger partial charge in [0.25, 0.3) is 0 Å². The summed E-state index contributed by atoms with van der Waals surface area (Å²) in [5.74, 6) is -0.926. The van der Waals surface area contributed by atoms with Crippen molar-refractivity contribution in [2.45, 2.75) is 32.2 Å². The summed E-state index contributed by atoms with van der Waals surface area (Å²) in [5, 5.41) is 12.3. The summed E-state index contributed by atoms with van der Waals surface area (Å²) in [5.41, 5.74) is 0.895. The van der Waals surface area contributed by atoms with Crippen molar-refractivity contribution < 1.29 is 27.5 Å². The number of fused-ring (bicyclic) bond motifs is 2. The lowest BCUT2D eigenvalue weighted by Crippen LogP contribution is -2.18. The van der Waals surface area contributed by atoms with E-state index in [9.17, 15) is 27.9 Å². The number of carboxylic acids is 1. The third-order valence-corrected chi connectivity index (χ3v) is 6.32. The van der Waals surface area contributed by atoms with Gasteiger partial charge in [-0.1, -0.05) is 36.4 Å². The lowest BCUT2D eigenvalue weighted by Gasteiger charge is -2.22. The van der Waals surface area contributed by atoms with E-state index in [4.69, 9.17) is 4.42 Å². The summed E-state index contributed by atoms with van der Waals surface area (Å²) < 4.78 is 47.3. The molecule has 9 heteroatoms. The molecule has 0 saturated heterocycles. The van der Waals surface area contributed by atoms with Gasteiger partial charge in [0.1, 0.15) is 5.58 Å². The Morgan fingerprint density at radius 2 is 1.67 bits per heavy atom. The van der Waals surface area contributed by atoms with Crippen molar-refractivity contribution in [1.82, 2.24) is 0 Å². The first kappa shape index (κ1) is 23.5. The van der Waals surface area contributed by atoms with Crippen LogP contribution in [0.25, 0.3) is 11.0 Å². The molecule has 3 aromatic carbocycles. The van der Waals surface area contributed by atoms with Crippen LogP contribution in [0.15, 0.2) is 75.9 Å². The number of halogens is 3. The van der Waals surface area contributed by atoms with E-state index in [1.54, 1.807) is 19.1 Å². The van der Waals surface area contributed by atoms with Crippen molar-refractivity contribution in [2.24, 2.45) is 0 Å². The van der Waals surface area contributed by atoms with Gasteiger partial charge in [0.15, 0.2) is 5.43 Å². The molecule has 2 heterocycles. The van der Waals surface area contributed by atoms with E-state index in [0.29, 0.717) is 13.1 Å². The van der Waals surface area contributed by atoms with Crippen LogP contribution in [0.3, 0.4) is 0 Å². The topological polar surface area (TPSA) is 82.8 Å². The van der Waals surface area contributed by atoms with Gasteiger partial charge >= 0.3 is 12.1 Å². The summed E-state index contributed by atoms with van der Waals surface area (Å²) in [6, 6.07) is 16.0. The molecule has 1 aliphatic rings. The molecule has 1 aliphatic heterocycles. The van der Waals surface area contributed by atoms with E-state index < -0.39 is 29.2 Å². The molecule has 0 fully saturated rings. The molecule has 36 heavy (non-hydrogen) atoms. The first-order valence-electron chi connectivity index (χ1n) is 11.2. The Bertz CT molecular complexity index is 1520. The number of alkyl halides is 3. The van der Waals surface area contributed by atoms with Crippen molar-refractivity contribution in [3.63, 3.8) is 0 Å². The molecule has 0 amide bonds. The molecule has 184 valence electrons. The maximum atomic E-state index is 13.7. The molecule has 2 N–H and O–H groups in total. The second-order valence-electron chi connectivity index (χ2n) is 8.73. The smallest absolute Gasteiger partial charge is 0.416 e. The number of hydrogen-bond acceptors (Lipinski definition) is 5. The monoisotopic (exact) mass is 494 g/mol. The summed E-state index contributed by atoms with van der Waals surface area (Å²) in [4.78, 5) is 26.5. The number of hydrogen-bond donors (Lipinski definition) is 2. The van der Waals surface area contributed by atoms with E-state index in [-0.39, 0.29) is 33.7 Å². The van der Waals surface area contributed by atoms with Gasteiger partial charge in [-0.15, -0.1) is 0 Å². The molecular weight excluding hydrogens is 473 g/mol. The van der Waals surface area contributed by atoms with Crippen molar-refractivity contribution in [2.75, 3.05) is 10.2 Å². The summed E-state index contributed by atoms with van der Waals surface area (Å²) in [6.45, 7) is 2.59. The molecule has 0 radical (unpaired) electrons. The zero-order chi connectivity index (χ0) is 25.6. The average Bonchev–Trinajstić information content (AvgIpc) is 3.27. The van der Waals surface area contributed by atoms with Crippen molar-refractivity contribution in [3.05, 3.63) is 105 Å². The van der Waals surface area contributed by atoms with Crippen LogP contribution >= 0.6 is 0 Å². The minimum atomic E-state index is -4.69. The van der Waals surface area contributed by atoms with Crippen molar-refractivity contribution in [1.29, 1.82) is 0 Å². The van der Waals surface area contributed by atoms with Gasteiger partial charge in [-0.05, 0) is 42.3 Å². The van der Waals surface area contributed by atoms with Crippen LogP contribution in [0, 0.1) is 0 Å². The van der Waals surface area contributed by atoms with Gasteiger partial charge in [0, 0.05) is 30.4 Å². The van der Waals surface area contributed by atoms with Crippen LogP contribution in [0.5, 0.6) is 0 Å². The fourth-order valence-electron chi connectivity index (χ4n) is 4.51. The van der Waals surface area contributed by atoms with Gasteiger partial charge in [-0.3, -0.25) is 4.79 Å². The quantitative estimate of drug-likeness (QED) is 0.344. The second-order valence-corrected chi connectivity index (χ2v) is 8.73. The number of carbonyl (C=O) groups is 1. The molecule has 5 rings (SSSR count). The highest BCUT2D eigenvalue weighted by molar-refractivity contribution is 5.94. The van der Waals surface area contributed by atoms with E-state index in [0.717, 1.165) is 23.3 Å². The van der Waals surface area contributed by atoms with E-state index in [2.05, 4.69) is 5.32 Å². The fraction of sp³-hybridized carbons (Fsp3) is 0.185. The fourth-order valence-corrected chi connectivity index (χ4v) is 4.51. The Labute approximate surface area is 203 Å². The molecular formula is C27H21F3N2O4. The maximum Gasteiger partial charge on any atom is 0.416 e. The Morgan fingerprint density at radius 3 is 2.31 bits per heavy atom. The van der Waals surface area contributed by atoms with E-state index in [1.165, 1.54) is 18.2 Å². The zero-order valence-corrected chi connectivity index (χ0v) is 19.1. The van der Waals surface area contributed by atoms with Gasteiger partial charge in [0.2, 0.25) is 5.88 Å². The summed E-state index contributed by atoms with van der Waals surface area (Å²) in [7, 11) is 0. The maximum absolute atomic E-state index is 13.7. The number of benzene rings is 3. The van der Waals surface area contributed by atoms with E-state index in [1.807, 2.05) is 29.2 Å². The highest BCUT2D eigenvalue weighted by atomic mass is 19.4.